The summed E-state index contributed by atoms with van der Waals surface area (Å²) in [4.78, 5) is 14.4. The molecule has 0 aromatic carbocycles. The zero-order valence-corrected chi connectivity index (χ0v) is 16.5. The monoisotopic (exact) mass is 701 g/mol. The molecule has 0 aliphatic carbocycles. The van der Waals surface area contributed by atoms with Crippen molar-refractivity contribution >= 4 is 16.3 Å². The number of allylic oxidation sites excluding steroid dienone is 1. The van der Waals surface area contributed by atoms with Crippen molar-refractivity contribution in [3.8, 4) is 0 Å². The van der Waals surface area contributed by atoms with E-state index in [9.17, 15) is 4.79 Å². The van der Waals surface area contributed by atoms with Gasteiger partial charge in [-0.2, -0.15) is 0 Å². The van der Waals surface area contributed by atoms with Gasteiger partial charge in [-0.25, -0.2) is 0 Å². The predicted octanol–water partition coefficient (Wildman–Crippen LogP) is 0.838. The molecule has 14 heavy (non-hydrogen) atoms. The van der Waals surface area contributed by atoms with E-state index in [-0.39, 0.29) is 6.03 Å². The predicted molar refractivity (Wildman–Crippen MR) is 43.6 cm³/mol. The maximum absolute atomic E-state index is 10.7. The van der Waals surface area contributed by atoms with Crippen LogP contribution in [-0.4, -0.2) is 16.3 Å². The van der Waals surface area contributed by atoms with Crippen LogP contribution in [0.15, 0.2) is 10.6 Å². The van der Waals surface area contributed by atoms with E-state index < -0.39 is 0 Å². The van der Waals surface area contributed by atoms with E-state index in [1.807, 2.05) is 13.8 Å². The van der Waals surface area contributed by atoms with E-state index in [1.165, 1.54) is 19.4 Å². The van der Waals surface area contributed by atoms with E-state index >= 15 is 0 Å². The number of nitrogens with one attached hydrogen (secondary N) is 1. The van der Waals surface area contributed by atoms with Gasteiger partial charge in [0.25, 0.3) is 0 Å². The van der Waals surface area contributed by atoms with Gasteiger partial charge in [0.1, 0.15) is 0 Å². The Bertz CT molecular complexity index is 297. The minimum absolute atomic E-state index is 0.283. The summed E-state index contributed by atoms with van der Waals surface area (Å²) in [5.74, 6) is 0.357. The molecule has 0 bridgehead atoms. The Labute approximate surface area is 113 Å². The first-order valence-corrected chi connectivity index (χ1v) is 16.3. The third kappa shape index (κ3) is 5.64. The molecule has 0 aromatic rings. The zero-order chi connectivity index (χ0) is 11.1. The summed E-state index contributed by atoms with van der Waals surface area (Å²) < 4.78 is 0.906. The number of aliphatic imine (C=N–C) groups is 1. The fourth-order valence-electron chi connectivity index (χ4n) is 0.792. The number of nitrogens with zero attached hydrogens (tertiary/aromatic N) is 1. The summed E-state index contributed by atoms with van der Waals surface area (Å²) in [5.41, 5.74) is 0.916. The molecule has 0 spiro atoms. The summed E-state index contributed by atoms with van der Waals surface area (Å²) >= 11 is 4.56. The van der Waals surface area contributed by atoms with Gasteiger partial charge in [0.2, 0.25) is 0 Å². The third-order valence-electron chi connectivity index (χ3n) is 1.22. The second kappa shape index (κ2) is 8.02. The number of rotatable bonds is 1. The van der Waals surface area contributed by atoms with Crippen LogP contribution in [0.25, 0.3) is 0 Å². The first kappa shape index (κ1) is 14.8. The summed E-state index contributed by atoms with van der Waals surface area (Å²) in [5, 5.41) is 2.65. The average Bonchev–Trinajstić information content (AvgIpc) is 2.13. The molecule has 0 radical (unpaired) electrons. The molecule has 0 atom stereocenters. The SMILES string of the molecule is CC(C)[C-]=C1C=NC(=O)N[C]1=[W].[W]=[W]. The van der Waals surface area contributed by atoms with Gasteiger partial charge in [-0.05, 0) is 0 Å². The molecule has 0 aromatic heterocycles. The number of hydrogen-bond donors (Lipinski definition) is 1. The van der Waals surface area contributed by atoms with Gasteiger partial charge in [-0.15, -0.1) is 0 Å². The third-order valence-corrected chi connectivity index (χ3v) is 2.38. The van der Waals surface area contributed by atoms with Crippen molar-refractivity contribution in [2.45, 2.75) is 13.8 Å². The summed E-state index contributed by atoms with van der Waals surface area (Å²) in [6.45, 7) is 4.08. The number of urea groups is 1. The van der Waals surface area contributed by atoms with Crippen molar-refractivity contribution < 1.29 is 56.6 Å². The Kier molecular flexibility index (Phi) is 8.49. The number of carbonyl (C=O) groups is 1. The Morgan fingerprint density at radius 2 is 2.07 bits per heavy atom. The van der Waals surface area contributed by atoms with Gasteiger partial charge >= 0.3 is 115 Å². The molecular weight excluding hydrogens is 692 g/mol. The molecule has 1 aliphatic heterocycles. The van der Waals surface area contributed by atoms with Crippen molar-refractivity contribution in [2.75, 3.05) is 0 Å². The Balaban J connectivity index is 0.000000791. The van der Waals surface area contributed by atoms with Gasteiger partial charge in [-0.1, -0.05) is 0 Å². The second-order valence-electron chi connectivity index (χ2n) is 2.73. The molecular formula is C8H9N2OW3-. The Hall–Kier alpha value is 0.815. The number of carbonyl (C=O) groups excluding carboxylic acids is 1. The molecule has 0 saturated carbocycles. The molecule has 1 heterocycles. The van der Waals surface area contributed by atoms with Crippen LogP contribution in [0.3, 0.4) is 0 Å². The molecule has 1 rings (SSSR count). The fourth-order valence-corrected chi connectivity index (χ4v) is 1.51. The summed E-state index contributed by atoms with van der Waals surface area (Å²) in [6, 6.07) is -0.283. The second-order valence-corrected chi connectivity index (χ2v) is 4.20. The topological polar surface area (TPSA) is 41.5 Å². The maximum atomic E-state index is 10.7. The van der Waals surface area contributed by atoms with Crippen LogP contribution in [0, 0.1) is 12.0 Å². The van der Waals surface area contributed by atoms with Gasteiger partial charge in [0.15, 0.2) is 0 Å². The van der Waals surface area contributed by atoms with Crippen molar-refractivity contribution in [1.82, 2.24) is 5.32 Å². The van der Waals surface area contributed by atoms with E-state index in [0.29, 0.717) is 5.92 Å². The molecule has 1 N–H and O–H groups in total. The van der Waals surface area contributed by atoms with Crippen LogP contribution in [0.4, 0.5) is 4.79 Å². The summed E-state index contributed by atoms with van der Waals surface area (Å²) in [7, 11) is 0. The molecule has 3 nitrogen and oxygen atoms in total. The molecule has 0 saturated heterocycles. The van der Waals surface area contributed by atoms with Crippen LogP contribution in [-0.2, 0) is 51.8 Å². The normalized spacial score (nSPS) is 17.8. The zero-order valence-electron chi connectivity index (χ0n) is 7.73. The molecule has 0 fully saturated rings. The van der Waals surface area contributed by atoms with Gasteiger partial charge < -0.3 is 0 Å². The molecule has 6 heteroatoms. The first-order valence-electron chi connectivity index (χ1n) is 3.79. The number of hydrogen-bond acceptors (Lipinski definition) is 1. The van der Waals surface area contributed by atoms with Crippen molar-refractivity contribution in [3.05, 3.63) is 11.6 Å². The summed E-state index contributed by atoms with van der Waals surface area (Å²) in [6.07, 6.45) is 4.76. The van der Waals surface area contributed by atoms with Crippen molar-refractivity contribution in [3.63, 3.8) is 0 Å². The van der Waals surface area contributed by atoms with Crippen molar-refractivity contribution in [1.29, 1.82) is 0 Å². The van der Waals surface area contributed by atoms with Crippen LogP contribution < -0.4 is 5.32 Å². The van der Waals surface area contributed by atoms with E-state index in [0.717, 1.165) is 9.59 Å². The van der Waals surface area contributed by atoms with Crippen molar-refractivity contribution in [2.24, 2.45) is 10.9 Å². The van der Waals surface area contributed by atoms with Gasteiger partial charge in [0.05, 0.1) is 0 Å². The standard InChI is InChI=1S/C8H9N2O.3W/c1-6(2)3-7-4-9-8(11)10-5-7;;;/h4,6H,1-2H3,(H,10,11);;;/q-1;;;. The van der Waals surface area contributed by atoms with Crippen LogP contribution >= 0.6 is 0 Å². The minimum atomic E-state index is -0.283. The fraction of sp³-hybridized carbons (Fsp3) is 0.375. The van der Waals surface area contributed by atoms with Crippen LogP contribution in [0.2, 0.25) is 0 Å². The van der Waals surface area contributed by atoms with Gasteiger partial charge in [0, 0.05) is 0 Å². The van der Waals surface area contributed by atoms with Crippen LogP contribution in [0.1, 0.15) is 13.8 Å². The first-order chi connectivity index (χ1) is 6.59. The number of amides is 2. The quantitative estimate of drug-likeness (QED) is 0.406. The molecule has 76 valence electrons. The Morgan fingerprint density at radius 3 is 2.50 bits per heavy atom. The Morgan fingerprint density at radius 1 is 1.50 bits per heavy atom. The molecule has 1 aliphatic rings. The van der Waals surface area contributed by atoms with Crippen LogP contribution in [0.5, 0.6) is 0 Å². The van der Waals surface area contributed by atoms with E-state index in [2.05, 4.69) is 16.4 Å². The average molecular weight is 701 g/mol. The van der Waals surface area contributed by atoms with E-state index in [1.54, 1.807) is 38.7 Å². The van der Waals surface area contributed by atoms with E-state index in [4.69, 9.17) is 0 Å². The van der Waals surface area contributed by atoms with Gasteiger partial charge in [-0.3, -0.25) is 0 Å². The molecule has 2 amide bonds. The molecule has 0 unspecified atom stereocenters.